The first-order valence-electron chi connectivity index (χ1n) is 9.47. The number of urea groups is 1. The molecule has 3 aromatic rings. The summed E-state index contributed by atoms with van der Waals surface area (Å²) in [5.41, 5.74) is 3.12. The summed E-state index contributed by atoms with van der Waals surface area (Å²) >= 11 is 0. The third-order valence-electron chi connectivity index (χ3n) is 4.92. The van der Waals surface area contributed by atoms with Crippen LogP contribution in [-0.2, 0) is 17.9 Å². The van der Waals surface area contributed by atoms with Crippen LogP contribution in [0.15, 0.2) is 54.9 Å². The van der Waals surface area contributed by atoms with Crippen molar-refractivity contribution in [3.8, 4) is 0 Å². The molecule has 0 spiro atoms. The zero-order valence-electron chi connectivity index (χ0n) is 15.8. The Morgan fingerprint density at radius 1 is 1.10 bits per heavy atom. The van der Waals surface area contributed by atoms with Crippen LogP contribution in [0.1, 0.15) is 22.3 Å². The Labute approximate surface area is 167 Å². The maximum atomic E-state index is 12.6. The Morgan fingerprint density at radius 2 is 1.90 bits per heavy atom. The molecule has 0 aliphatic carbocycles. The van der Waals surface area contributed by atoms with Crippen LogP contribution in [0.3, 0.4) is 0 Å². The van der Waals surface area contributed by atoms with Crippen molar-refractivity contribution in [3.63, 3.8) is 0 Å². The van der Waals surface area contributed by atoms with Gasteiger partial charge in [-0.1, -0.05) is 30.3 Å². The monoisotopic (exact) mass is 391 g/mol. The Hall–Kier alpha value is -3.68. The van der Waals surface area contributed by atoms with Crippen molar-refractivity contribution in [2.45, 2.75) is 19.5 Å². The molecule has 1 aliphatic rings. The van der Waals surface area contributed by atoms with Crippen LogP contribution in [-0.4, -0.2) is 45.4 Å². The number of imidazole rings is 1. The van der Waals surface area contributed by atoms with Crippen LogP contribution < -0.4 is 10.6 Å². The van der Waals surface area contributed by atoms with E-state index in [0.717, 1.165) is 28.9 Å². The molecular weight excluding hydrogens is 370 g/mol. The summed E-state index contributed by atoms with van der Waals surface area (Å²) in [7, 11) is 0. The quantitative estimate of drug-likeness (QED) is 0.475. The fourth-order valence-electron chi connectivity index (χ4n) is 3.40. The van der Waals surface area contributed by atoms with Gasteiger partial charge in [0.25, 0.3) is 5.91 Å². The van der Waals surface area contributed by atoms with E-state index in [1.165, 1.54) is 0 Å². The Balaban J connectivity index is 1.35. The molecule has 8 nitrogen and oxygen atoms in total. The first-order chi connectivity index (χ1) is 14.1. The number of aryl methyl sites for hydroxylation is 1. The molecule has 8 heteroatoms. The highest BCUT2D eigenvalue weighted by atomic mass is 16.2. The molecule has 4 rings (SSSR count). The molecule has 29 heavy (non-hydrogen) atoms. The second kappa shape index (κ2) is 8.14. The van der Waals surface area contributed by atoms with E-state index in [-0.39, 0.29) is 24.9 Å². The molecule has 1 saturated heterocycles. The zero-order valence-corrected chi connectivity index (χ0v) is 15.8. The van der Waals surface area contributed by atoms with E-state index < -0.39 is 6.03 Å². The van der Waals surface area contributed by atoms with E-state index in [1.54, 1.807) is 30.6 Å². The minimum atomic E-state index is -0.433. The number of para-hydroxylation sites is 2. The van der Waals surface area contributed by atoms with Crippen molar-refractivity contribution in [1.82, 2.24) is 25.1 Å². The van der Waals surface area contributed by atoms with Gasteiger partial charge in [0, 0.05) is 18.7 Å². The second-order valence-electron chi connectivity index (χ2n) is 6.83. The lowest BCUT2D eigenvalue weighted by Gasteiger charge is -2.15. The van der Waals surface area contributed by atoms with E-state index in [0.29, 0.717) is 17.7 Å². The van der Waals surface area contributed by atoms with Crippen LogP contribution in [0.2, 0.25) is 0 Å². The number of carbonyl (C=O) groups excluding carboxylic acids is 3. The molecule has 1 fully saturated rings. The molecular formula is C21H21N5O3. The van der Waals surface area contributed by atoms with Crippen LogP contribution >= 0.6 is 0 Å². The van der Waals surface area contributed by atoms with E-state index >= 15 is 0 Å². The number of hydrogen-bond acceptors (Lipinski definition) is 4. The largest absolute Gasteiger partial charge is 0.352 e. The highest BCUT2D eigenvalue weighted by Gasteiger charge is 2.29. The number of nitrogens with one attached hydrogen (secondary N) is 2. The topological polar surface area (TPSA) is 96.3 Å². The molecule has 0 bridgehead atoms. The number of amides is 4. The Morgan fingerprint density at radius 3 is 2.72 bits per heavy atom. The van der Waals surface area contributed by atoms with E-state index in [2.05, 4.69) is 20.2 Å². The SMILES string of the molecule is O=C(NCCCn1cnc2ccccc21)c1ccccc1CN1C(=O)CNC1=O. The third kappa shape index (κ3) is 3.96. The molecule has 0 atom stereocenters. The number of aromatic nitrogens is 2. The Kier molecular flexibility index (Phi) is 5.24. The van der Waals surface area contributed by atoms with E-state index in [1.807, 2.05) is 24.3 Å². The van der Waals surface area contributed by atoms with Crippen LogP contribution in [0.25, 0.3) is 11.0 Å². The highest BCUT2D eigenvalue weighted by molar-refractivity contribution is 6.02. The minimum Gasteiger partial charge on any atom is -0.352 e. The van der Waals surface area contributed by atoms with Gasteiger partial charge in [-0.15, -0.1) is 0 Å². The molecule has 0 saturated carbocycles. The summed E-state index contributed by atoms with van der Waals surface area (Å²) < 4.78 is 2.06. The minimum absolute atomic E-state index is 0.00384. The first kappa shape index (κ1) is 18.7. The van der Waals surface area contributed by atoms with E-state index in [4.69, 9.17) is 0 Å². The molecule has 1 aliphatic heterocycles. The number of nitrogens with zero attached hydrogens (tertiary/aromatic N) is 3. The lowest BCUT2D eigenvalue weighted by molar-refractivity contribution is -0.125. The molecule has 2 aromatic carbocycles. The van der Waals surface area contributed by atoms with Gasteiger partial charge in [-0.25, -0.2) is 9.78 Å². The van der Waals surface area contributed by atoms with Crippen molar-refractivity contribution >= 4 is 28.9 Å². The standard InChI is InChI=1S/C21H21N5O3/c27-19-12-23-21(29)26(19)13-15-6-1-2-7-16(15)20(28)22-10-5-11-25-14-24-17-8-3-4-9-18(17)25/h1-4,6-9,14H,5,10-13H2,(H,22,28)(H,23,29). The fourth-order valence-corrected chi connectivity index (χ4v) is 3.40. The summed E-state index contributed by atoms with van der Waals surface area (Å²) in [5, 5.41) is 5.41. The van der Waals surface area contributed by atoms with Crippen LogP contribution in [0.4, 0.5) is 4.79 Å². The van der Waals surface area contributed by atoms with Gasteiger partial charge in [-0.2, -0.15) is 0 Å². The number of benzene rings is 2. The predicted molar refractivity (Wildman–Crippen MR) is 107 cm³/mol. The van der Waals surface area contributed by atoms with Gasteiger partial charge in [-0.3, -0.25) is 14.5 Å². The molecule has 1 aromatic heterocycles. The van der Waals surface area contributed by atoms with Crippen molar-refractivity contribution in [1.29, 1.82) is 0 Å². The van der Waals surface area contributed by atoms with Gasteiger partial charge >= 0.3 is 6.03 Å². The lowest BCUT2D eigenvalue weighted by atomic mass is 10.1. The number of rotatable bonds is 7. The van der Waals surface area contributed by atoms with Gasteiger partial charge in [0.05, 0.1) is 30.5 Å². The molecule has 4 amide bonds. The third-order valence-corrected chi connectivity index (χ3v) is 4.92. The van der Waals surface area contributed by atoms with E-state index in [9.17, 15) is 14.4 Å². The average molecular weight is 391 g/mol. The first-order valence-corrected chi connectivity index (χ1v) is 9.47. The lowest BCUT2D eigenvalue weighted by Crippen LogP contribution is -2.32. The summed E-state index contributed by atoms with van der Waals surface area (Å²) in [5.74, 6) is -0.513. The van der Waals surface area contributed by atoms with Gasteiger partial charge < -0.3 is 15.2 Å². The number of imide groups is 1. The Bertz CT molecular complexity index is 1060. The van der Waals surface area contributed by atoms with Crippen LogP contribution in [0.5, 0.6) is 0 Å². The van der Waals surface area contributed by atoms with Gasteiger partial charge in [0.1, 0.15) is 0 Å². The number of carbonyl (C=O) groups is 3. The summed E-state index contributed by atoms with van der Waals surface area (Å²) in [6.07, 6.45) is 2.56. The number of fused-ring (bicyclic) bond motifs is 1. The summed E-state index contributed by atoms with van der Waals surface area (Å²) in [6, 6.07) is 14.5. The van der Waals surface area contributed by atoms with Crippen molar-refractivity contribution in [3.05, 3.63) is 66.0 Å². The molecule has 148 valence electrons. The van der Waals surface area contributed by atoms with Crippen molar-refractivity contribution in [2.75, 3.05) is 13.1 Å². The van der Waals surface area contributed by atoms with Crippen molar-refractivity contribution < 1.29 is 14.4 Å². The zero-order chi connectivity index (χ0) is 20.2. The van der Waals surface area contributed by atoms with Crippen molar-refractivity contribution in [2.24, 2.45) is 0 Å². The van der Waals surface area contributed by atoms with Gasteiger partial charge in [0.2, 0.25) is 5.91 Å². The predicted octanol–water partition coefficient (Wildman–Crippen LogP) is 1.91. The number of hydrogen-bond donors (Lipinski definition) is 2. The maximum Gasteiger partial charge on any atom is 0.324 e. The molecule has 0 unspecified atom stereocenters. The summed E-state index contributed by atoms with van der Waals surface area (Å²) in [4.78, 5) is 41.7. The molecule has 2 heterocycles. The summed E-state index contributed by atoms with van der Waals surface area (Å²) in [6.45, 7) is 1.32. The second-order valence-corrected chi connectivity index (χ2v) is 6.83. The fraction of sp³-hybridized carbons (Fsp3) is 0.238. The normalized spacial score (nSPS) is 13.7. The highest BCUT2D eigenvalue weighted by Crippen LogP contribution is 2.15. The average Bonchev–Trinajstić information content (AvgIpc) is 3.29. The van der Waals surface area contributed by atoms with Crippen LogP contribution in [0, 0.1) is 0 Å². The maximum absolute atomic E-state index is 12.6. The molecule has 0 radical (unpaired) electrons. The molecule has 2 N–H and O–H groups in total. The van der Waals surface area contributed by atoms with Gasteiger partial charge in [-0.05, 0) is 30.2 Å². The smallest absolute Gasteiger partial charge is 0.324 e. The van der Waals surface area contributed by atoms with Gasteiger partial charge in [0.15, 0.2) is 0 Å².